The van der Waals surface area contributed by atoms with E-state index in [1.807, 2.05) is 29.3 Å². The summed E-state index contributed by atoms with van der Waals surface area (Å²) in [5, 5.41) is 30.3. The Labute approximate surface area is 177 Å². The number of fused-ring (bicyclic) bond motifs is 1. The summed E-state index contributed by atoms with van der Waals surface area (Å²) in [5.74, 6) is -1.96. The van der Waals surface area contributed by atoms with E-state index in [0.29, 0.717) is 24.5 Å². The molecule has 0 radical (unpaired) electrons. The molecule has 3 heterocycles. The van der Waals surface area contributed by atoms with Crippen molar-refractivity contribution < 1.29 is 19.8 Å². The predicted molar refractivity (Wildman–Crippen MR) is 111 cm³/mol. The van der Waals surface area contributed by atoms with Crippen molar-refractivity contribution in [1.82, 2.24) is 24.7 Å². The van der Waals surface area contributed by atoms with Crippen LogP contribution in [0.15, 0.2) is 43.1 Å². The Morgan fingerprint density at radius 1 is 1.26 bits per heavy atom. The largest absolute Gasteiger partial charge is 0.478 e. The third kappa shape index (κ3) is 5.54. The van der Waals surface area contributed by atoms with Crippen LogP contribution in [0.5, 0.6) is 0 Å². The molecule has 10 nitrogen and oxygen atoms in total. The summed E-state index contributed by atoms with van der Waals surface area (Å²) in [5.41, 5.74) is 2.68. The van der Waals surface area contributed by atoms with E-state index >= 15 is 0 Å². The Morgan fingerprint density at radius 3 is 2.61 bits per heavy atom. The zero-order chi connectivity index (χ0) is 22.2. The van der Waals surface area contributed by atoms with E-state index < -0.39 is 11.9 Å². The lowest BCUT2D eigenvalue weighted by molar-refractivity contribution is -0.134. The maximum absolute atomic E-state index is 9.55. The van der Waals surface area contributed by atoms with Crippen molar-refractivity contribution in [2.75, 3.05) is 0 Å². The van der Waals surface area contributed by atoms with Crippen molar-refractivity contribution in [3.05, 3.63) is 43.1 Å². The number of carbonyl (C=O) groups is 2. The molecule has 3 aromatic rings. The lowest BCUT2D eigenvalue weighted by atomic mass is 9.96. The molecule has 31 heavy (non-hydrogen) atoms. The molecule has 3 aromatic heterocycles. The number of H-pyrrole nitrogens is 1. The minimum atomic E-state index is -1.26. The number of aliphatic carboxylic acids is 2. The number of nitrogens with zero attached hydrogens (tertiary/aromatic N) is 5. The summed E-state index contributed by atoms with van der Waals surface area (Å²) in [6, 6.07) is 4.47. The molecular weight excluding hydrogens is 400 g/mol. The Morgan fingerprint density at radius 2 is 1.97 bits per heavy atom. The molecule has 1 fully saturated rings. The first-order valence-corrected chi connectivity index (χ1v) is 9.83. The lowest BCUT2D eigenvalue weighted by Crippen LogP contribution is -2.17. The fourth-order valence-corrected chi connectivity index (χ4v) is 3.80. The Hall–Kier alpha value is -4.00. The van der Waals surface area contributed by atoms with Crippen LogP contribution < -0.4 is 0 Å². The molecular formula is C21H22N6O4. The molecule has 3 N–H and O–H groups in total. The number of nitriles is 1. The van der Waals surface area contributed by atoms with Gasteiger partial charge in [-0.05, 0) is 24.8 Å². The first-order valence-electron chi connectivity index (χ1n) is 9.83. The van der Waals surface area contributed by atoms with Gasteiger partial charge in [-0.15, -0.1) is 0 Å². The van der Waals surface area contributed by atoms with Crippen LogP contribution in [0.3, 0.4) is 0 Å². The monoisotopic (exact) mass is 422 g/mol. The third-order valence-corrected chi connectivity index (χ3v) is 5.18. The molecule has 4 rings (SSSR count). The standard InChI is InChI=1S/C17H18N6.C4H4O4/c18-7-5-15(12-3-1-2-4-12)23-10-13(9-22-23)16-14-6-8-19-17(14)21-11-20-16;5-3(6)1-2-4(7)8/h6,8-12,15H,1-5H2,(H,19,20,21);1-2H,(H,5,6)(H,7,8). The second kappa shape index (κ2) is 10.2. The minimum Gasteiger partial charge on any atom is -0.478 e. The topological polar surface area (TPSA) is 158 Å². The van der Waals surface area contributed by atoms with Crippen molar-refractivity contribution >= 4 is 23.0 Å². The molecule has 160 valence electrons. The Balaban J connectivity index is 0.000000293. The van der Waals surface area contributed by atoms with Gasteiger partial charge in [0.1, 0.15) is 12.0 Å². The molecule has 1 unspecified atom stereocenters. The van der Waals surface area contributed by atoms with Crippen molar-refractivity contribution in [1.29, 1.82) is 5.26 Å². The molecule has 0 aromatic carbocycles. The predicted octanol–water partition coefficient (Wildman–Crippen LogP) is 3.18. The average Bonchev–Trinajstić information content (AvgIpc) is 3.52. The molecule has 1 aliphatic rings. The van der Waals surface area contributed by atoms with Crippen LogP contribution in [0.4, 0.5) is 0 Å². The number of rotatable bonds is 6. The zero-order valence-corrected chi connectivity index (χ0v) is 16.7. The van der Waals surface area contributed by atoms with Gasteiger partial charge in [0.2, 0.25) is 0 Å². The van der Waals surface area contributed by atoms with Crippen molar-refractivity contribution in [3.8, 4) is 17.3 Å². The molecule has 0 spiro atoms. The van der Waals surface area contributed by atoms with Gasteiger partial charge in [0, 0.05) is 35.5 Å². The number of nitrogens with one attached hydrogen (secondary N) is 1. The van der Waals surface area contributed by atoms with Crippen LogP contribution >= 0.6 is 0 Å². The van der Waals surface area contributed by atoms with Gasteiger partial charge < -0.3 is 15.2 Å². The normalized spacial score (nSPS) is 14.8. The second-order valence-electron chi connectivity index (χ2n) is 7.16. The van der Waals surface area contributed by atoms with Gasteiger partial charge in [0.25, 0.3) is 0 Å². The van der Waals surface area contributed by atoms with E-state index in [1.54, 1.807) is 6.33 Å². The highest BCUT2D eigenvalue weighted by molar-refractivity contribution is 5.90. The highest BCUT2D eigenvalue weighted by atomic mass is 16.4. The van der Waals surface area contributed by atoms with Gasteiger partial charge in [-0.2, -0.15) is 10.4 Å². The summed E-state index contributed by atoms with van der Waals surface area (Å²) in [6.45, 7) is 0. The summed E-state index contributed by atoms with van der Waals surface area (Å²) >= 11 is 0. The third-order valence-electron chi connectivity index (χ3n) is 5.18. The van der Waals surface area contributed by atoms with Gasteiger partial charge in [0.15, 0.2) is 0 Å². The minimum absolute atomic E-state index is 0.166. The summed E-state index contributed by atoms with van der Waals surface area (Å²) in [6.07, 6.45) is 13.8. The van der Waals surface area contributed by atoms with E-state index in [1.165, 1.54) is 25.7 Å². The first-order chi connectivity index (χ1) is 15.0. The maximum atomic E-state index is 9.55. The Kier molecular flexibility index (Phi) is 7.11. The van der Waals surface area contributed by atoms with E-state index in [9.17, 15) is 14.9 Å². The van der Waals surface area contributed by atoms with Crippen LogP contribution in [0.1, 0.15) is 38.1 Å². The second-order valence-corrected chi connectivity index (χ2v) is 7.16. The average molecular weight is 422 g/mol. The number of hydrogen-bond acceptors (Lipinski definition) is 6. The van der Waals surface area contributed by atoms with E-state index in [4.69, 9.17) is 10.2 Å². The van der Waals surface area contributed by atoms with Gasteiger partial charge in [0.05, 0.1) is 30.4 Å². The quantitative estimate of drug-likeness (QED) is 0.511. The zero-order valence-electron chi connectivity index (χ0n) is 16.7. The first kappa shape index (κ1) is 21.7. The molecule has 10 heteroatoms. The van der Waals surface area contributed by atoms with Crippen LogP contribution in [0, 0.1) is 17.2 Å². The van der Waals surface area contributed by atoms with Crippen molar-refractivity contribution in [3.63, 3.8) is 0 Å². The fourth-order valence-electron chi connectivity index (χ4n) is 3.80. The van der Waals surface area contributed by atoms with E-state index in [0.717, 1.165) is 22.3 Å². The molecule has 0 amide bonds. The van der Waals surface area contributed by atoms with Crippen LogP contribution in [0.25, 0.3) is 22.3 Å². The smallest absolute Gasteiger partial charge is 0.328 e. The summed E-state index contributed by atoms with van der Waals surface area (Å²) < 4.78 is 1.97. The number of hydrogen-bond donors (Lipinski definition) is 3. The lowest BCUT2D eigenvalue weighted by Gasteiger charge is -2.21. The Bertz CT molecular complexity index is 1100. The summed E-state index contributed by atoms with van der Waals surface area (Å²) in [7, 11) is 0. The molecule has 1 saturated carbocycles. The molecule has 0 aliphatic heterocycles. The SMILES string of the molecule is N#CCC(C1CCCC1)n1cc(-c2ncnc3[nH]ccc23)cn1.O=C(O)C=CC(=O)O. The summed E-state index contributed by atoms with van der Waals surface area (Å²) in [4.78, 5) is 30.9. The van der Waals surface area contributed by atoms with Gasteiger partial charge >= 0.3 is 11.9 Å². The van der Waals surface area contributed by atoms with Crippen LogP contribution in [-0.2, 0) is 9.59 Å². The van der Waals surface area contributed by atoms with Gasteiger partial charge in [-0.1, -0.05) is 12.8 Å². The maximum Gasteiger partial charge on any atom is 0.328 e. The highest BCUT2D eigenvalue weighted by Crippen LogP contribution is 2.36. The van der Waals surface area contributed by atoms with Crippen LogP contribution in [-0.4, -0.2) is 46.9 Å². The van der Waals surface area contributed by atoms with E-state index in [-0.39, 0.29) is 6.04 Å². The molecule has 1 aliphatic carbocycles. The van der Waals surface area contributed by atoms with Gasteiger partial charge in [-0.25, -0.2) is 19.6 Å². The van der Waals surface area contributed by atoms with Crippen molar-refractivity contribution in [2.24, 2.45) is 5.92 Å². The molecule has 0 saturated heterocycles. The number of aromatic amines is 1. The van der Waals surface area contributed by atoms with Crippen molar-refractivity contribution in [2.45, 2.75) is 38.1 Å². The van der Waals surface area contributed by atoms with Gasteiger partial charge in [-0.3, -0.25) is 4.68 Å². The molecule has 0 bridgehead atoms. The highest BCUT2D eigenvalue weighted by Gasteiger charge is 2.27. The van der Waals surface area contributed by atoms with E-state index in [2.05, 4.69) is 26.1 Å². The number of carboxylic acids is 2. The van der Waals surface area contributed by atoms with Crippen LogP contribution in [0.2, 0.25) is 0 Å². The number of aromatic nitrogens is 5. The number of carboxylic acid groups (broad SMARTS) is 2. The fraction of sp³-hybridized carbons (Fsp3) is 0.333. The molecule has 1 atom stereocenters.